The van der Waals surface area contributed by atoms with E-state index in [1.165, 1.54) is 24.3 Å². The van der Waals surface area contributed by atoms with Crippen molar-refractivity contribution < 1.29 is 27.4 Å². The van der Waals surface area contributed by atoms with Gasteiger partial charge in [0.15, 0.2) is 5.60 Å². The molecule has 1 aromatic heterocycles. The second-order valence-electron chi connectivity index (χ2n) is 7.72. The van der Waals surface area contributed by atoms with Gasteiger partial charge in [0, 0.05) is 28.8 Å². The van der Waals surface area contributed by atoms with Crippen LogP contribution in [-0.4, -0.2) is 28.5 Å². The maximum Gasteiger partial charge on any atom is 0.417 e. The molecule has 0 saturated heterocycles. The summed E-state index contributed by atoms with van der Waals surface area (Å²) in [7, 11) is 0. The molecular formula is C22H23F4NO2. The first kappa shape index (κ1) is 21.2. The lowest BCUT2D eigenvalue weighted by atomic mass is 9.69. The fraction of sp³-hybridized carbons (Fsp3) is 0.364. The fourth-order valence-corrected chi connectivity index (χ4v) is 3.86. The van der Waals surface area contributed by atoms with Crippen molar-refractivity contribution in [2.75, 3.05) is 6.61 Å². The molecule has 2 heterocycles. The van der Waals surface area contributed by atoms with Gasteiger partial charge in [-0.25, -0.2) is 4.39 Å². The minimum Gasteiger partial charge on any atom is -0.493 e. The first-order valence-corrected chi connectivity index (χ1v) is 9.25. The van der Waals surface area contributed by atoms with Crippen LogP contribution in [0.1, 0.15) is 36.7 Å². The summed E-state index contributed by atoms with van der Waals surface area (Å²) in [6.45, 7) is 5.35. The van der Waals surface area contributed by atoms with Gasteiger partial charge >= 0.3 is 6.18 Å². The maximum absolute atomic E-state index is 14.0. The lowest BCUT2D eigenvalue weighted by Gasteiger charge is -2.42. The number of hydrogen-bond donors (Lipinski definition) is 2. The summed E-state index contributed by atoms with van der Waals surface area (Å²) in [4.78, 5) is 2.87. The summed E-state index contributed by atoms with van der Waals surface area (Å²) in [6.07, 6.45) is -1.01. The predicted molar refractivity (Wildman–Crippen MR) is 103 cm³/mol. The third kappa shape index (κ3) is 4.40. The second kappa shape index (κ2) is 7.71. The third-order valence-corrected chi connectivity index (χ3v) is 5.38. The molecule has 0 spiro atoms. The maximum atomic E-state index is 14.0. The molecule has 0 fully saturated rings. The van der Waals surface area contributed by atoms with Crippen molar-refractivity contribution in [3.8, 4) is 5.75 Å². The van der Waals surface area contributed by atoms with Crippen LogP contribution in [0.2, 0.25) is 0 Å². The fourth-order valence-electron chi connectivity index (χ4n) is 3.86. The van der Waals surface area contributed by atoms with Gasteiger partial charge in [0.2, 0.25) is 0 Å². The van der Waals surface area contributed by atoms with Crippen LogP contribution in [0, 0.1) is 5.82 Å². The Balaban J connectivity index is 1.94. The van der Waals surface area contributed by atoms with Gasteiger partial charge in [-0.2, -0.15) is 13.2 Å². The molecule has 1 aromatic carbocycles. The predicted octanol–water partition coefficient (Wildman–Crippen LogP) is 5.32. The molecule has 29 heavy (non-hydrogen) atoms. The van der Waals surface area contributed by atoms with Crippen molar-refractivity contribution in [1.82, 2.24) is 4.98 Å². The van der Waals surface area contributed by atoms with E-state index in [2.05, 4.69) is 11.6 Å². The smallest absolute Gasteiger partial charge is 0.417 e. The number of hydrogen-bond acceptors (Lipinski definition) is 2. The highest BCUT2D eigenvalue weighted by Crippen LogP contribution is 2.48. The Labute approximate surface area is 166 Å². The second-order valence-corrected chi connectivity index (χ2v) is 7.72. The number of aromatic amines is 1. The molecule has 1 aliphatic rings. The molecule has 3 nitrogen and oxygen atoms in total. The Morgan fingerprint density at radius 2 is 2.03 bits per heavy atom. The minimum absolute atomic E-state index is 0.196. The number of H-pyrrole nitrogens is 1. The lowest BCUT2D eigenvalue weighted by Crippen LogP contribution is -2.52. The number of aromatic nitrogens is 1. The number of fused-ring (bicyclic) bond motifs is 1. The highest BCUT2D eigenvalue weighted by atomic mass is 19.4. The standard InChI is InChI=1S/C22H23F4NO2/c1-3-4-5-16-7-8-17(27-16)13-21(28,22(24,25)26)14-20(2)10-11-29-19-9-6-15(23)12-18(19)20/h3-9,12,27-28H,1,10-11,13-14H2,2H3/b5-4-. The Morgan fingerprint density at radius 1 is 1.28 bits per heavy atom. The van der Waals surface area contributed by atoms with Crippen molar-refractivity contribution in [3.05, 3.63) is 71.8 Å². The van der Waals surface area contributed by atoms with Crippen molar-refractivity contribution >= 4 is 6.08 Å². The van der Waals surface area contributed by atoms with Crippen molar-refractivity contribution in [1.29, 1.82) is 0 Å². The molecule has 7 heteroatoms. The van der Waals surface area contributed by atoms with Gasteiger partial charge in [-0.15, -0.1) is 0 Å². The average molecular weight is 409 g/mol. The lowest BCUT2D eigenvalue weighted by molar-refractivity contribution is -0.267. The summed E-state index contributed by atoms with van der Waals surface area (Å²) < 4.78 is 61.2. The molecule has 3 rings (SSSR count). The van der Waals surface area contributed by atoms with Crippen LogP contribution in [0.3, 0.4) is 0 Å². The third-order valence-electron chi connectivity index (χ3n) is 5.38. The Kier molecular flexibility index (Phi) is 5.63. The Bertz CT molecular complexity index is 918. The normalized spacial score (nSPS) is 21.4. The van der Waals surface area contributed by atoms with Gasteiger partial charge in [-0.1, -0.05) is 25.7 Å². The minimum atomic E-state index is -4.87. The van der Waals surface area contributed by atoms with Crippen LogP contribution in [0.4, 0.5) is 17.6 Å². The quantitative estimate of drug-likeness (QED) is 0.501. The van der Waals surface area contributed by atoms with Crippen molar-refractivity contribution in [2.45, 2.75) is 43.4 Å². The summed E-state index contributed by atoms with van der Waals surface area (Å²) >= 11 is 0. The van der Waals surface area contributed by atoms with E-state index < -0.39 is 35.9 Å². The molecule has 1 aliphatic heterocycles. The van der Waals surface area contributed by atoms with Crippen molar-refractivity contribution in [3.63, 3.8) is 0 Å². The van der Waals surface area contributed by atoms with Gasteiger partial charge in [0.1, 0.15) is 11.6 Å². The number of benzene rings is 1. The molecule has 0 bridgehead atoms. The molecule has 0 amide bonds. The monoisotopic (exact) mass is 409 g/mol. The molecule has 0 aliphatic carbocycles. The zero-order chi connectivity index (χ0) is 21.3. The van der Waals surface area contributed by atoms with Crippen LogP contribution >= 0.6 is 0 Å². The topological polar surface area (TPSA) is 45.2 Å². The van der Waals surface area contributed by atoms with Gasteiger partial charge in [0.25, 0.3) is 0 Å². The summed E-state index contributed by atoms with van der Waals surface area (Å²) in [5, 5.41) is 10.8. The van der Waals surface area contributed by atoms with Crippen LogP contribution in [0.5, 0.6) is 5.75 Å². The molecule has 2 unspecified atom stereocenters. The Morgan fingerprint density at radius 3 is 2.72 bits per heavy atom. The van der Waals surface area contributed by atoms with Crippen molar-refractivity contribution in [2.24, 2.45) is 0 Å². The zero-order valence-corrected chi connectivity index (χ0v) is 16.0. The van der Waals surface area contributed by atoms with E-state index in [1.807, 2.05) is 0 Å². The van der Waals surface area contributed by atoms with E-state index in [-0.39, 0.29) is 18.7 Å². The number of aliphatic hydroxyl groups is 1. The first-order valence-electron chi connectivity index (χ1n) is 9.25. The van der Waals surface area contributed by atoms with Gasteiger partial charge in [-0.05, 0) is 49.2 Å². The van der Waals surface area contributed by atoms with E-state index in [0.717, 1.165) is 0 Å². The number of halogens is 4. The highest BCUT2D eigenvalue weighted by Gasteiger charge is 2.57. The summed E-state index contributed by atoms with van der Waals surface area (Å²) in [6, 6.07) is 6.96. The number of allylic oxidation sites excluding steroid dienone is 2. The van der Waals surface area contributed by atoms with E-state index in [0.29, 0.717) is 17.0 Å². The van der Waals surface area contributed by atoms with E-state index in [4.69, 9.17) is 4.74 Å². The van der Waals surface area contributed by atoms with Crippen LogP contribution < -0.4 is 4.74 Å². The molecule has 0 saturated carbocycles. The molecular weight excluding hydrogens is 386 g/mol. The molecule has 2 aromatic rings. The van der Waals surface area contributed by atoms with Gasteiger partial charge in [-0.3, -0.25) is 0 Å². The largest absolute Gasteiger partial charge is 0.493 e. The average Bonchev–Trinajstić information content (AvgIpc) is 3.06. The Hall–Kier alpha value is -2.54. The summed E-state index contributed by atoms with van der Waals surface area (Å²) in [5.41, 5.74) is -2.89. The van der Waals surface area contributed by atoms with Crippen LogP contribution in [-0.2, 0) is 11.8 Å². The first-order chi connectivity index (χ1) is 13.6. The number of nitrogens with one attached hydrogen (secondary N) is 1. The van der Waals surface area contributed by atoms with Gasteiger partial charge < -0.3 is 14.8 Å². The number of alkyl halides is 3. The van der Waals surface area contributed by atoms with Crippen LogP contribution in [0.25, 0.3) is 6.08 Å². The van der Waals surface area contributed by atoms with Gasteiger partial charge in [0.05, 0.1) is 6.61 Å². The van der Waals surface area contributed by atoms with E-state index in [1.54, 1.807) is 31.2 Å². The molecule has 156 valence electrons. The number of rotatable bonds is 6. The van der Waals surface area contributed by atoms with E-state index >= 15 is 0 Å². The summed E-state index contributed by atoms with van der Waals surface area (Å²) in [5.74, 6) is -0.208. The molecule has 0 radical (unpaired) electrons. The number of ether oxygens (including phenoxy) is 1. The molecule has 2 atom stereocenters. The van der Waals surface area contributed by atoms with E-state index in [9.17, 15) is 22.7 Å². The highest BCUT2D eigenvalue weighted by molar-refractivity contribution is 5.47. The SMILES string of the molecule is C=C/C=C\c1ccc(CC(O)(CC2(C)CCOc3ccc(F)cc32)C(F)(F)F)[nH]1. The molecule has 2 N–H and O–H groups in total. The zero-order valence-electron chi connectivity index (χ0n) is 16.0. The van der Waals surface area contributed by atoms with Crippen LogP contribution in [0.15, 0.2) is 49.1 Å².